The van der Waals surface area contributed by atoms with E-state index >= 15 is 0 Å². The van der Waals surface area contributed by atoms with Gasteiger partial charge in [-0.3, -0.25) is 18.9 Å². The summed E-state index contributed by atoms with van der Waals surface area (Å²) in [5.74, 6) is 6.91. The van der Waals surface area contributed by atoms with E-state index < -0.39 is 23.6 Å². The molecule has 12 nitrogen and oxygen atoms in total. The molecule has 12 heteroatoms. The number of anilines is 1. The minimum Gasteiger partial charge on any atom is -0.444 e. The minimum atomic E-state index is -0.862. The summed E-state index contributed by atoms with van der Waals surface area (Å²) in [6, 6.07) is 15.6. The number of likely N-dealkylation sites (N-methyl/N-ethyl adjacent to an activating group) is 1. The lowest BCUT2D eigenvalue weighted by molar-refractivity contribution is -0.120. The predicted octanol–water partition coefficient (Wildman–Crippen LogP) is 5.92. The number of imidazole rings is 1. The molecular formula is C39H38N8O4. The topological polar surface area (TPSA) is 137 Å². The van der Waals surface area contributed by atoms with Gasteiger partial charge in [0.2, 0.25) is 5.91 Å². The molecule has 0 bridgehead atoms. The van der Waals surface area contributed by atoms with E-state index in [1.807, 2.05) is 60.8 Å². The second-order valence-electron chi connectivity index (χ2n) is 13.4. The Morgan fingerprint density at radius 3 is 2.43 bits per heavy atom. The Kier molecular flexibility index (Phi) is 9.14. The first kappa shape index (κ1) is 34.5. The number of carbonyl (C=O) groups excluding carboxylic acids is 2. The van der Waals surface area contributed by atoms with Crippen LogP contribution >= 0.6 is 0 Å². The average Bonchev–Trinajstić information content (AvgIpc) is 3.46. The van der Waals surface area contributed by atoms with Crippen molar-refractivity contribution in [3.63, 3.8) is 0 Å². The van der Waals surface area contributed by atoms with Gasteiger partial charge in [0.05, 0.1) is 11.2 Å². The number of fused-ring (bicyclic) bond motifs is 2. The number of benzene rings is 1. The second kappa shape index (κ2) is 13.5. The van der Waals surface area contributed by atoms with Crippen LogP contribution in [0, 0.1) is 25.7 Å². The van der Waals surface area contributed by atoms with E-state index in [9.17, 15) is 14.4 Å². The van der Waals surface area contributed by atoms with Gasteiger partial charge in [-0.1, -0.05) is 5.92 Å². The number of amides is 2. The largest absolute Gasteiger partial charge is 0.444 e. The van der Waals surface area contributed by atoms with Crippen LogP contribution in [-0.2, 0) is 16.6 Å². The maximum Gasteiger partial charge on any atom is 0.410 e. The van der Waals surface area contributed by atoms with E-state index in [1.54, 1.807) is 63.8 Å². The molecule has 0 saturated heterocycles. The maximum atomic E-state index is 13.4. The summed E-state index contributed by atoms with van der Waals surface area (Å²) in [5, 5.41) is 3.70. The number of aromatic nitrogens is 6. The first-order valence-electron chi connectivity index (χ1n) is 16.4. The van der Waals surface area contributed by atoms with Crippen molar-refractivity contribution in [1.82, 2.24) is 33.8 Å². The molecule has 2 amide bonds. The summed E-state index contributed by atoms with van der Waals surface area (Å²) < 4.78 is 9.00. The predicted molar refractivity (Wildman–Crippen MR) is 196 cm³/mol. The van der Waals surface area contributed by atoms with Crippen molar-refractivity contribution in [1.29, 1.82) is 0 Å². The molecule has 0 fully saturated rings. The molecule has 1 aromatic carbocycles. The third-order valence-electron chi connectivity index (χ3n) is 8.33. The van der Waals surface area contributed by atoms with Crippen LogP contribution in [0.1, 0.15) is 50.3 Å². The first-order valence-corrected chi connectivity index (χ1v) is 16.4. The SMILES string of the molecule is Cc1ccn2c(-c3ccc(NC(=O)C(C)N(C)C(=O)OC(C)(C)C)nc3C#Cc3ccc4c(ccc(=O)n4C)c3)c(-c3cnc(C)nc3)nc2c1. The van der Waals surface area contributed by atoms with Crippen LogP contribution in [0.15, 0.2) is 78.0 Å². The number of nitrogens with zero attached hydrogens (tertiary/aromatic N) is 7. The van der Waals surface area contributed by atoms with E-state index in [0.29, 0.717) is 33.9 Å². The number of nitrogens with one attached hydrogen (secondary N) is 1. The van der Waals surface area contributed by atoms with Gasteiger partial charge in [0.1, 0.15) is 40.3 Å². The number of hydrogen-bond donors (Lipinski definition) is 1. The van der Waals surface area contributed by atoms with Crippen LogP contribution in [0.2, 0.25) is 0 Å². The molecule has 1 N–H and O–H groups in total. The zero-order valence-corrected chi connectivity index (χ0v) is 29.8. The molecule has 0 saturated carbocycles. The highest BCUT2D eigenvalue weighted by molar-refractivity contribution is 5.96. The van der Waals surface area contributed by atoms with Gasteiger partial charge in [0, 0.05) is 55.4 Å². The molecule has 258 valence electrons. The summed E-state index contributed by atoms with van der Waals surface area (Å²) in [6.07, 6.45) is 4.79. The molecule has 1 atom stereocenters. The summed E-state index contributed by atoms with van der Waals surface area (Å²) in [5.41, 5.74) is 5.55. The smallest absolute Gasteiger partial charge is 0.410 e. The number of aryl methyl sites for hydroxylation is 3. The van der Waals surface area contributed by atoms with Crippen LogP contribution in [-0.4, -0.2) is 64.5 Å². The Morgan fingerprint density at radius 1 is 0.961 bits per heavy atom. The minimum absolute atomic E-state index is 0.0985. The zero-order chi connectivity index (χ0) is 36.6. The molecule has 0 aliphatic heterocycles. The van der Waals surface area contributed by atoms with E-state index in [2.05, 4.69) is 27.1 Å². The van der Waals surface area contributed by atoms with Crippen molar-refractivity contribution < 1.29 is 14.3 Å². The molecule has 0 aliphatic carbocycles. The van der Waals surface area contributed by atoms with Crippen LogP contribution in [0.5, 0.6) is 0 Å². The summed E-state index contributed by atoms with van der Waals surface area (Å²) in [7, 11) is 3.24. The van der Waals surface area contributed by atoms with Gasteiger partial charge in [-0.15, -0.1) is 0 Å². The molecule has 0 spiro atoms. The first-order chi connectivity index (χ1) is 24.2. The number of carbonyl (C=O) groups is 2. The normalized spacial score (nSPS) is 11.9. The number of hydrogen-bond acceptors (Lipinski definition) is 8. The molecule has 5 aromatic heterocycles. The Morgan fingerprint density at radius 2 is 1.71 bits per heavy atom. The van der Waals surface area contributed by atoms with Crippen molar-refractivity contribution in [2.75, 3.05) is 12.4 Å². The summed E-state index contributed by atoms with van der Waals surface area (Å²) in [4.78, 5) is 58.1. The van der Waals surface area contributed by atoms with Crippen molar-refractivity contribution in [3.8, 4) is 34.4 Å². The van der Waals surface area contributed by atoms with Crippen LogP contribution in [0.3, 0.4) is 0 Å². The fourth-order valence-corrected chi connectivity index (χ4v) is 5.43. The quantitative estimate of drug-likeness (QED) is 0.222. The highest BCUT2D eigenvalue weighted by Crippen LogP contribution is 2.34. The molecule has 6 aromatic rings. The highest BCUT2D eigenvalue weighted by Gasteiger charge is 2.28. The molecule has 5 heterocycles. The van der Waals surface area contributed by atoms with Crippen molar-refractivity contribution in [2.45, 2.75) is 53.2 Å². The number of rotatable bonds is 5. The van der Waals surface area contributed by atoms with Gasteiger partial charge in [0.25, 0.3) is 5.56 Å². The molecule has 6 rings (SSSR count). The van der Waals surface area contributed by atoms with E-state index in [0.717, 1.165) is 27.8 Å². The number of ether oxygens (including phenoxy) is 1. The molecular weight excluding hydrogens is 644 g/mol. The lowest BCUT2D eigenvalue weighted by Crippen LogP contribution is -2.45. The molecule has 0 aliphatic rings. The van der Waals surface area contributed by atoms with E-state index in [4.69, 9.17) is 14.7 Å². The fraction of sp³-hybridized carbons (Fsp3) is 0.256. The maximum absolute atomic E-state index is 13.4. The monoisotopic (exact) mass is 682 g/mol. The van der Waals surface area contributed by atoms with Gasteiger partial charge in [-0.05, 0) is 107 Å². The fourth-order valence-electron chi connectivity index (χ4n) is 5.43. The Labute approximate surface area is 295 Å². The lowest BCUT2D eigenvalue weighted by Gasteiger charge is -2.28. The van der Waals surface area contributed by atoms with Crippen molar-refractivity contribution in [2.24, 2.45) is 7.05 Å². The number of pyridine rings is 3. The summed E-state index contributed by atoms with van der Waals surface area (Å²) >= 11 is 0. The molecule has 51 heavy (non-hydrogen) atoms. The third-order valence-corrected chi connectivity index (χ3v) is 8.33. The van der Waals surface area contributed by atoms with Gasteiger partial charge in [0.15, 0.2) is 0 Å². The summed E-state index contributed by atoms with van der Waals surface area (Å²) in [6.45, 7) is 10.7. The Hall–Kier alpha value is -6.35. The Balaban J connectivity index is 1.47. The third kappa shape index (κ3) is 7.33. The second-order valence-corrected chi connectivity index (χ2v) is 13.4. The standard InChI is InChI=1S/C39H38N8O4/c1-23-17-18-47-33(19-23)44-35(28-21-40-25(3)41-22-28)36(47)29-12-15-32(43-37(49)24(2)45(7)38(50)51-39(4,5)6)42-30(29)13-9-26-10-14-31-27(20-26)11-16-34(48)46(31)8/h10-12,14-22,24H,1-8H3,(H,42,43,49). The van der Waals surface area contributed by atoms with E-state index in [-0.39, 0.29) is 11.4 Å². The average molecular weight is 683 g/mol. The van der Waals surface area contributed by atoms with Gasteiger partial charge >= 0.3 is 6.09 Å². The van der Waals surface area contributed by atoms with Gasteiger partial charge in [-0.25, -0.2) is 24.7 Å². The van der Waals surface area contributed by atoms with Gasteiger partial charge < -0.3 is 14.6 Å². The van der Waals surface area contributed by atoms with Crippen LogP contribution < -0.4 is 10.9 Å². The zero-order valence-electron chi connectivity index (χ0n) is 29.8. The molecule has 0 radical (unpaired) electrons. The Bertz CT molecular complexity index is 2450. The van der Waals surface area contributed by atoms with E-state index in [1.165, 1.54) is 18.0 Å². The van der Waals surface area contributed by atoms with Crippen LogP contribution in [0.4, 0.5) is 10.6 Å². The van der Waals surface area contributed by atoms with Gasteiger partial charge in [-0.2, -0.15) is 0 Å². The molecule has 1 unspecified atom stereocenters. The van der Waals surface area contributed by atoms with Crippen molar-refractivity contribution in [3.05, 3.63) is 106 Å². The highest BCUT2D eigenvalue weighted by atomic mass is 16.6. The van der Waals surface area contributed by atoms with Crippen LogP contribution in [0.25, 0.3) is 39.1 Å². The van der Waals surface area contributed by atoms with Crippen molar-refractivity contribution >= 4 is 34.4 Å². The lowest BCUT2D eigenvalue weighted by atomic mass is 10.0.